The second-order valence-electron chi connectivity index (χ2n) is 7.35. The highest BCUT2D eigenvalue weighted by molar-refractivity contribution is 7.80. The minimum absolute atomic E-state index is 0.178. The molecule has 2 N–H and O–H groups in total. The summed E-state index contributed by atoms with van der Waals surface area (Å²) in [6, 6.07) is 11.0. The van der Waals surface area contributed by atoms with Gasteiger partial charge in [0.15, 0.2) is 5.11 Å². The molecule has 32 heavy (non-hydrogen) atoms. The van der Waals surface area contributed by atoms with Crippen LogP contribution in [0.2, 0.25) is 15.1 Å². The average molecular weight is 528 g/mol. The second-order valence-corrected chi connectivity index (χ2v) is 10.0. The molecule has 1 aliphatic heterocycles. The first-order chi connectivity index (χ1) is 15.4. The molecule has 2 aromatic carbocycles. The van der Waals surface area contributed by atoms with Crippen LogP contribution in [0, 0.1) is 0 Å². The molecule has 1 aromatic heterocycles. The zero-order chi connectivity index (χ0) is 22.8. The molecule has 0 atom stereocenters. The van der Waals surface area contributed by atoms with Crippen molar-refractivity contribution in [3.63, 3.8) is 0 Å². The molecule has 0 radical (unpaired) electrons. The van der Waals surface area contributed by atoms with E-state index in [0.29, 0.717) is 19.9 Å². The highest BCUT2D eigenvalue weighted by atomic mass is 35.5. The van der Waals surface area contributed by atoms with Gasteiger partial charge in [-0.1, -0.05) is 53.9 Å². The molecule has 10 heteroatoms. The number of fused-ring (bicyclic) bond motifs is 1. The van der Waals surface area contributed by atoms with Gasteiger partial charge in [0.05, 0.1) is 21.4 Å². The van der Waals surface area contributed by atoms with Gasteiger partial charge in [-0.2, -0.15) is 0 Å². The van der Waals surface area contributed by atoms with Crippen molar-refractivity contribution in [2.75, 3.05) is 42.9 Å². The zero-order valence-electron chi connectivity index (χ0n) is 17.3. The third kappa shape index (κ3) is 4.98. The van der Waals surface area contributed by atoms with Crippen LogP contribution < -0.4 is 15.5 Å². The van der Waals surface area contributed by atoms with Crippen molar-refractivity contribution in [1.82, 2.24) is 10.2 Å². The Balaban J connectivity index is 1.50. The molecule has 1 fully saturated rings. The molecule has 1 aliphatic rings. The number of nitrogens with zero attached hydrogens (tertiary/aromatic N) is 2. The summed E-state index contributed by atoms with van der Waals surface area (Å²) in [5.41, 5.74) is 1.64. The highest BCUT2D eigenvalue weighted by Crippen LogP contribution is 2.37. The minimum atomic E-state index is -0.370. The van der Waals surface area contributed by atoms with Crippen LogP contribution in [0.3, 0.4) is 0 Å². The van der Waals surface area contributed by atoms with Crippen LogP contribution >= 0.6 is 58.4 Å². The predicted molar refractivity (Wildman–Crippen MR) is 141 cm³/mol. The Kier molecular flexibility index (Phi) is 7.44. The summed E-state index contributed by atoms with van der Waals surface area (Å²) in [6.45, 7) is 6.87. The van der Waals surface area contributed by atoms with Crippen molar-refractivity contribution >= 4 is 90.8 Å². The van der Waals surface area contributed by atoms with Crippen LogP contribution in [0.1, 0.15) is 16.6 Å². The van der Waals surface area contributed by atoms with Crippen molar-refractivity contribution in [3.05, 3.63) is 56.3 Å². The normalized spacial score (nSPS) is 14.6. The summed E-state index contributed by atoms with van der Waals surface area (Å²) in [6.07, 6.45) is 0. The van der Waals surface area contributed by atoms with E-state index < -0.39 is 0 Å². The number of amides is 1. The number of carbonyl (C=O) groups is 1. The average Bonchev–Trinajstić information content (AvgIpc) is 3.09. The monoisotopic (exact) mass is 526 g/mol. The van der Waals surface area contributed by atoms with Crippen LogP contribution in [-0.4, -0.2) is 48.6 Å². The fourth-order valence-corrected chi connectivity index (χ4v) is 5.91. The number of thiophene rings is 1. The van der Waals surface area contributed by atoms with E-state index in [2.05, 4.69) is 27.4 Å². The smallest absolute Gasteiger partial charge is 0.269 e. The molecule has 168 valence electrons. The summed E-state index contributed by atoms with van der Waals surface area (Å²) in [7, 11) is 0. The Morgan fingerprint density at radius 1 is 1.12 bits per heavy atom. The van der Waals surface area contributed by atoms with Gasteiger partial charge in [0.1, 0.15) is 4.88 Å². The van der Waals surface area contributed by atoms with Gasteiger partial charge in [-0.05, 0) is 43.0 Å². The summed E-state index contributed by atoms with van der Waals surface area (Å²) >= 11 is 25.7. The summed E-state index contributed by atoms with van der Waals surface area (Å²) in [4.78, 5) is 17.9. The van der Waals surface area contributed by atoms with E-state index in [1.165, 1.54) is 11.3 Å². The Labute approximate surface area is 211 Å². The van der Waals surface area contributed by atoms with E-state index in [4.69, 9.17) is 47.0 Å². The van der Waals surface area contributed by atoms with E-state index in [0.717, 1.165) is 54.2 Å². The van der Waals surface area contributed by atoms with Crippen molar-refractivity contribution in [2.24, 2.45) is 0 Å². The number of carbonyl (C=O) groups excluding carboxylic acids is 1. The first-order valence-corrected chi connectivity index (χ1v) is 12.5. The first-order valence-electron chi connectivity index (χ1n) is 10.1. The first kappa shape index (κ1) is 23.5. The zero-order valence-corrected chi connectivity index (χ0v) is 21.2. The number of rotatable bonds is 4. The van der Waals surface area contributed by atoms with Gasteiger partial charge in [0, 0.05) is 41.3 Å². The van der Waals surface area contributed by atoms with Gasteiger partial charge in [-0.3, -0.25) is 10.1 Å². The summed E-state index contributed by atoms with van der Waals surface area (Å²) in [5, 5.41) is 8.45. The SMILES string of the molecule is CCN1CCN(c2c(Cl)cccc2NC(=S)NC(=O)c2sc3cc(Cl)ccc3c2Cl)CC1. The van der Waals surface area contributed by atoms with Crippen molar-refractivity contribution < 1.29 is 4.79 Å². The summed E-state index contributed by atoms with van der Waals surface area (Å²) in [5.74, 6) is -0.370. The van der Waals surface area contributed by atoms with Gasteiger partial charge >= 0.3 is 0 Å². The lowest BCUT2D eigenvalue weighted by Gasteiger charge is -2.37. The molecule has 0 saturated carbocycles. The van der Waals surface area contributed by atoms with E-state index in [1.54, 1.807) is 18.2 Å². The molecule has 5 nitrogen and oxygen atoms in total. The van der Waals surface area contributed by atoms with Gasteiger partial charge in [-0.15, -0.1) is 11.3 Å². The number of anilines is 2. The topological polar surface area (TPSA) is 47.6 Å². The number of hydrogen-bond donors (Lipinski definition) is 2. The number of halogens is 3. The molecular formula is C22H21Cl3N4OS2. The Bertz CT molecular complexity index is 1180. The largest absolute Gasteiger partial charge is 0.366 e. The third-order valence-corrected chi connectivity index (χ3v) is 7.80. The lowest BCUT2D eigenvalue weighted by molar-refractivity contribution is 0.0982. The minimum Gasteiger partial charge on any atom is -0.366 e. The Morgan fingerprint density at radius 2 is 1.88 bits per heavy atom. The Hall–Kier alpha value is -1.61. The van der Waals surface area contributed by atoms with Crippen molar-refractivity contribution in [2.45, 2.75) is 6.92 Å². The van der Waals surface area contributed by atoms with Crippen LogP contribution in [-0.2, 0) is 0 Å². The van der Waals surface area contributed by atoms with E-state index in [1.807, 2.05) is 18.2 Å². The maximum atomic E-state index is 12.9. The Morgan fingerprint density at radius 3 is 2.59 bits per heavy atom. The number of para-hydroxylation sites is 1. The summed E-state index contributed by atoms with van der Waals surface area (Å²) < 4.78 is 0.842. The van der Waals surface area contributed by atoms with Gasteiger partial charge < -0.3 is 15.1 Å². The highest BCUT2D eigenvalue weighted by Gasteiger charge is 2.22. The fourth-order valence-electron chi connectivity index (χ4n) is 3.72. The van der Waals surface area contributed by atoms with Crippen molar-refractivity contribution in [3.8, 4) is 0 Å². The second kappa shape index (κ2) is 10.1. The standard InChI is InChI=1S/C22H21Cl3N4OS2/c1-2-28-8-10-29(11-9-28)19-15(24)4-3-5-16(19)26-22(31)27-21(30)20-18(25)14-7-6-13(23)12-17(14)32-20/h3-7,12H,2,8-11H2,1H3,(H2,26,27,30,31). The molecule has 0 bridgehead atoms. The number of hydrogen-bond acceptors (Lipinski definition) is 5. The molecular weight excluding hydrogens is 507 g/mol. The van der Waals surface area contributed by atoms with E-state index in [9.17, 15) is 4.79 Å². The van der Waals surface area contributed by atoms with E-state index >= 15 is 0 Å². The van der Waals surface area contributed by atoms with Gasteiger partial charge in [0.25, 0.3) is 5.91 Å². The molecule has 2 heterocycles. The molecule has 1 saturated heterocycles. The van der Waals surface area contributed by atoms with Crippen LogP contribution in [0.5, 0.6) is 0 Å². The number of piperazine rings is 1. The molecule has 1 amide bonds. The molecule has 0 spiro atoms. The number of benzene rings is 2. The van der Waals surface area contributed by atoms with Crippen molar-refractivity contribution in [1.29, 1.82) is 0 Å². The fraction of sp³-hybridized carbons (Fsp3) is 0.273. The number of nitrogens with one attached hydrogen (secondary N) is 2. The maximum Gasteiger partial charge on any atom is 0.269 e. The quantitative estimate of drug-likeness (QED) is 0.400. The van der Waals surface area contributed by atoms with Gasteiger partial charge in [-0.25, -0.2) is 0 Å². The molecule has 0 aliphatic carbocycles. The van der Waals surface area contributed by atoms with Crippen LogP contribution in [0.25, 0.3) is 10.1 Å². The molecule has 4 rings (SSSR count). The molecule has 3 aromatic rings. The van der Waals surface area contributed by atoms with Crippen LogP contribution in [0.15, 0.2) is 36.4 Å². The maximum absolute atomic E-state index is 12.9. The van der Waals surface area contributed by atoms with E-state index in [-0.39, 0.29) is 11.0 Å². The van der Waals surface area contributed by atoms with Crippen LogP contribution in [0.4, 0.5) is 11.4 Å². The number of thiocarbonyl (C=S) groups is 1. The molecule has 0 unspecified atom stereocenters. The van der Waals surface area contributed by atoms with Gasteiger partial charge in [0.2, 0.25) is 0 Å². The number of likely N-dealkylation sites (N-methyl/N-ethyl adjacent to an activating group) is 1. The predicted octanol–water partition coefficient (Wildman–Crippen LogP) is 6.13. The lowest BCUT2D eigenvalue weighted by atomic mass is 10.2. The lowest BCUT2D eigenvalue weighted by Crippen LogP contribution is -2.46. The third-order valence-electron chi connectivity index (χ3n) is 5.40.